The molecule has 0 aliphatic carbocycles. The fourth-order valence-corrected chi connectivity index (χ4v) is 4.47. The van der Waals surface area contributed by atoms with Crippen LogP contribution in [-0.2, 0) is 28.4 Å². The summed E-state index contributed by atoms with van der Waals surface area (Å²) < 4.78 is 5.41. The third-order valence-corrected chi connectivity index (χ3v) is 6.19. The number of nitrogens with one attached hydrogen (secondary N) is 1. The lowest BCUT2D eigenvalue weighted by molar-refractivity contribution is -0.118. The molecule has 4 nitrogen and oxygen atoms in total. The summed E-state index contributed by atoms with van der Waals surface area (Å²) in [6, 6.07) is 12.5. The number of thioether (sulfide) groups is 1. The summed E-state index contributed by atoms with van der Waals surface area (Å²) in [6.45, 7) is 5.07. The summed E-state index contributed by atoms with van der Waals surface area (Å²) in [7, 11) is 0. The molecule has 1 amide bonds. The summed E-state index contributed by atoms with van der Waals surface area (Å²) in [5.74, 6) is 1.50. The molecule has 25 heavy (non-hydrogen) atoms. The predicted octanol–water partition coefficient (Wildman–Crippen LogP) is 3.13. The number of carbonyl (C=O) groups excluding carboxylic acids is 1. The van der Waals surface area contributed by atoms with Gasteiger partial charge in [-0.1, -0.05) is 30.3 Å². The zero-order valence-corrected chi connectivity index (χ0v) is 15.9. The van der Waals surface area contributed by atoms with Crippen molar-refractivity contribution in [3.05, 3.63) is 57.8 Å². The quantitative estimate of drug-likeness (QED) is 0.769. The molecule has 1 saturated heterocycles. The van der Waals surface area contributed by atoms with Crippen LogP contribution in [0.1, 0.15) is 16.0 Å². The molecular weight excluding hydrogens is 352 g/mol. The first-order valence-electron chi connectivity index (χ1n) is 8.55. The largest absolute Gasteiger partial charge is 0.379 e. The normalized spacial score (nSPS) is 15.2. The molecule has 1 aromatic heterocycles. The number of ether oxygens (including phenoxy) is 1. The van der Waals surface area contributed by atoms with E-state index in [0.717, 1.165) is 38.6 Å². The number of hydrogen-bond donors (Lipinski definition) is 1. The minimum absolute atomic E-state index is 0.0998. The van der Waals surface area contributed by atoms with Crippen molar-refractivity contribution in [3.8, 4) is 0 Å². The van der Waals surface area contributed by atoms with Crippen LogP contribution < -0.4 is 5.32 Å². The third kappa shape index (κ3) is 6.15. The number of nitrogens with zero attached hydrogens (tertiary/aromatic N) is 1. The van der Waals surface area contributed by atoms with Crippen molar-refractivity contribution in [3.63, 3.8) is 0 Å². The zero-order valence-electron chi connectivity index (χ0n) is 14.3. The monoisotopic (exact) mass is 376 g/mol. The first-order chi connectivity index (χ1) is 12.3. The summed E-state index contributed by atoms with van der Waals surface area (Å²) >= 11 is 3.40. The Morgan fingerprint density at radius 2 is 1.96 bits per heavy atom. The van der Waals surface area contributed by atoms with E-state index in [1.807, 2.05) is 12.1 Å². The van der Waals surface area contributed by atoms with Crippen LogP contribution in [0.5, 0.6) is 0 Å². The lowest BCUT2D eigenvalue weighted by atomic mass is 10.1. The van der Waals surface area contributed by atoms with E-state index in [-0.39, 0.29) is 5.91 Å². The van der Waals surface area contributed by atoms with Crippen LogP contribution in [0.3, 0.4) is 0 Å². The van der Waals surface area contributed by atoms with Crippen LogP contribution in [0.2, 0.25) is 0 Å². The molecule has 1 fully saturated rings. The van der Waals surface area contributed by atoms with Crippen LogP contribution in [0.4, 0.5) is 0 Å². The lowest BCUT2D eigenvalue weighted by Gasteiger charge is -2.27. The highest BCUT2D eigenvalue weighted by Gasteiger charge is 2.13. The molecule has 0 saturated carbocycles. The van der Waals surface area contributed by atoms with Crippen molar-refractivity contribution >= 4 is 29.0 Å². The van der Waals surface area contributed by atoms with Crippen LogP contribution in [0.15, 0.2) is 41.8 Å². The number of morpholine rings is 1. The molecule has 0 spiro atoms. The van der Waals surface area contributed by atoms with Gasteiger partial charge in [0.05, 0.1) is 19.0 Å². The van der Waals surface area contributed by atoms with Crippen molar-refractivity contribution in [2.45, 2.75) is 18.8 Å². The van der Waals surface area contributed by atoms with Gasteiger partial charge in [-0.2, -0.15) is 0 Å². The van der Waals surface area contributed by atoms with Gasteiger partial charge < -0.3 is 10.1 Å². The van der Waals surface area contributed by atoms with Gasteiger partial charge in [-0.15, -0.1) is 23.1 Å². The first kappa shape index (κ1) is 18.5. The van der Waals surface area contributed by atoms with Crippen LogP contribution in [-0.4, -0.2) is 42.9 Å². The van der Waals surface area contributed by atoms with Crippen LogP contribution >= 0.6 is 23.1 Å². The molecule has 2 aromatic rings. The van der Waals surface area contributed by atoms with E-state index in [0.29, 0.717) is 12.3 Å². The van der Waals surface area contributed by atoms with Gasteiger partial charge in [0.25, 0.3) is 0 Å². The Hall–Kier alpha value is -1.34. The van der Waals surface area contributed by atoms with Gasteiger partial charge in [-0.3, -0.25) is 9.69 Å². The smallest absolute Gasteiger partial charge is 0.230 e. The highest BCUT2D eigenvalue weighted by atomic mass is 32.2. The molecule has 0 atom stereocenters. The third-order valence-electron chi connectivity index (χ3n) is 4.15. The minimum Gasteiger partial charge on any atom is -0.379 e. The van der Waals surface area contributed by atoms with Crippen molar-refractivity contribution in [1.29, 1.82) is 0 Å². The molecule has 3 rings (SSSR count). The zero-order chi connectivity index (χ0) is 17.3. The highest BCUT2D eigenvalue weighted by molar-refractivity contribution is 7.99. The van der Waals surface area contributed by atoms with E-state index in [1.54, 1.807) is 23.1 Å². The summed E-state index contributed by atoms with van der Waals surface area (Å²) in [6.07, 6.45) is 0. The standard InChI is InChI=1S/C19H24N2O2S2/c22-19(15-24-14-18-6-3-11-25-18)20-12-16-4-1-2-5-17(16)13-21-7-9-23-10-8-21/h1-6,11H,7-10,12-15H2,(H,20,22). The Morgan fingerprint density at radius 3 is 2.72 bits per heavy atom. The molecule has 1 N–H and O–H groups in total. The van der Waals surface area contributed by atoms with Crippen molar-refractivity contribution in [2.24, 2.45) is 0 Å². The summed E-state index contributed by atoms with van der Waals surface area (Å²) in [4.78, 5) is 15.8. The topological polar surface area (TPSA) is 41.6 Å². The molecule has 1 aliphatic heterocycles. The van der Waals surface area contributed by atoms with Crippen molar-refractivity contribution in [2.75, 3.05) is 32.1 Å². The summed E-state index contributed by atoms with van der Waals surface area (Å²) in [5.41, 5.74) is 2.49. The molecular formula is C19H24N2O2S2. The van der Waals surface area contributed by atoms with E-state index in [1.165, 1.54) is 16.0 Å². The Morgan fingerprint density at radius 1 is 1.16 bits per heavy atom. The van der Waals surface area contributed by atoms with Gasteiger partial charge in [0.15, 0.2) is 0 Å². The maximum atomic E-state index is 12.1. The molecule has 1 aromatic carbocycles. The maximum absolute atomic E-state index is 12.1. The molecule has 0 radical (unpaired) electrons. The molecule has 0 bridgehead atoms. The average molecular weight is 377 g/mol. The van der Waals surface area contributed by atoms with Gasteiger partial charge in [0.1, 0.15) is 0 Å². The second-order valence-corrected chi connectivity index (χ2v) is 8.02. The SMILES string of the molecule is O=C(CSCc1cccs1)NCc1ccccc1CN1CCOCC1. The molecule has 6 heteroatoms. The average Bonchev–Trinajstić information content (AvgIpc) is 3.15. The van der Waals surface area contributed by atoms with Gasteiger partial charge in [-0.25, -0.2) is 0 Å². The van der Waals surface area contributed by atoms with Crippen LogP contribution in [0.25, 0.3) is 0 Å². The molecule has 0 unspecified atom stereocenters. The Balaban J connectivity index is 1.44. The Kier molecular flexibility index (Phi) is 7.36. The fourth-order valence-electron chi connectivity index (χ4n) is 2.77. The number of carbonyl (C=O) groups is 1. The van der Waals surface area contributed by atoms with E-state index < -0.39 is 0 Å². The van der Waals surface area contributed by atoms with Gasteiger partial charge in [-0.05, 0) is 22.6 Å². The van der Waals surface area contributed by atoms with E-state index in [2.05, 4.69) is 39.9 Å². The Bertz CT molecular complexity index is 655. The van der Waals surface area contributed by atoms with Gasteiger partial charge >= 0.3 is 0 Å². The van der Waals surface area contributed by atoms with Crippen LogP contribution in [0, 0.1) is 0 Å². The number of amides is 1. The summed E-state index contributed by atoms with van der Waals surface area (Å²) in [5, 5.41) is 5.13. The highest BCUT2D eigenvalue weighted by Crippen LogP contribution is 2.17. The predicted molar refractivity (Wildman–Crippen MR) is 105 cm³/mol. The molecule has 134 valence electrons. The Labute approximate surface area is 157 Å². The van der Waals surface area contributed by atoms with E-state index in [9.17, 15) is 4.79 Å². The van der Waals surface area contributed by atoms with Gasteiger partial charge in [0, 0.05) is 36.8 Å². The van der Waals surface area contributed by atoms with Crippen molar-refractivity contribution < 1.29 is 9.53 Å². The second kappa shape index (κ2) is 9.97. The lowest BCUT2D eigenvalue weighted by Crippen LogP contribution is -2.36. The molecule has 2 heterocycles. The number of hydrogen-bond acceptors (Lipinski definition) is 5. The van der Waals surface area contributed by atoms with E-state index >= 15 is 0 Å². The van der Waals surface area contributed by atoms with E-state index in [4.69, 9.17) is 4.74 Å². The second-order valence-electron chi connectivity index (χ2n) is 6.01. The first-order valence-corrected chi connectivity index (χ1v) is 10.6. The number of rotatable bonds is 8. The van der Waals surface area contributed by atoms with Crippen molar-refractivity contribution in [1.82, 2.24) is 10.2 Å². The fraction of sp³-hybridized carbons (Fsp3) is 0.421. The minimum atomic E-state index is 0.0998. The maximum Gasteiger partial charge on any atom is 0.230 e. The number of benzene rings is 1. The molecule has 1 aliphatic rings. The van der Waals surface area contributed by atoms with Gasteiger partial charge in [0.2, 0.25) is 5.91 Å². The number of thiophene rings is 1.